The molecule has 0 aliphatic carbocycles. The van der Waals surface area contributed by atoms with Crippen molar-refractivity contribution >= 4 is 27.7 Å². The number of likely N-dealkylation sites (tertiary alicyclic amines) is 1. The molecule has 26 heavy (non-hydrogen) atoms. The number of piperidine rings is 1. The number of carbonyl (C=O) groups is 1. The van der Waals surface area contributed by atoms with Crippen molar-refractivity contribution in [1.29, 1.82) is 0 Å². The fraction of sp³-hybridized carbons (Fsp3) is 0.611. The van der Waals surface area contributed by atoms with Crippen LogP contribution in [-0.4, -0.2) is 42.8 Å². The number of carbonyl (C=O) groups excluding carboxylic acids is 1. The van der Waals surface area contributed by atoms with Gasteiger partial charge in [-0.2, -0.15) is 13.2 Å². The second kappa shape index (κ2) is 6.32. The Bertz CT molecular complexity index is 730. The number of benzene rings is 1. The molecule has 0 saturated carbocycles. The van der Waals surface area contributed by atoms with Crippen LogP contribution in [-0.2, 0) is 10.9 Å². The Morgan fingerprint density at radius 1 is 1.27 bits per heavy atom. The van der Waals surface area contributed by atoms with E-state index in [0.29, 0.717) is 29.5 Å². The van der Waals surface area contributed by atoms with Crippen molar-refractivity contribution < 1.29 is 22.7 Å². The number of anilines is 1. The first-order chi connectivity index (χ1) is 11.9. The number of likely N-dealkylation sites (N-methyl/N-ethyl adjacent to an activating group) is 1. The molecule has 0 bridgehead atoms. The summed E-state index contributed by atoms with van der Waals surface area (Å²) in [6.07, 6.45) is -4.25. The van der Waals surface area contributed by atoms with Crippen LogP contribution in [0.2, 0.25) is 0 Å². The number of hydrogen-bond donors (Lipinski definition) is 0. The van der Waals surface area contributed by atoms with Crippen LogP contribution in [0.5, 0.6) is 0 Å². The van der Waals surface area contributed by atoms with E-state index < -0.39 is 23.4 Å². The minimum Gasteiger partial charge on any atom is -0.444 e. The molecule has 2 atom stereocenters. The molecule has 144 valence electrons. The second-order valence-corrected chi connectivity index (χ2v) is 8.80. The first kappa shape index (κ1) is 19.3. The summed E-state index contributed by atoms with van der Waals surface area (Å²) in [5.74, 6) is -0.171. The fourth-order valence-electron chi connectivity index (χ4n) is 3.88. The van der Waals surface area contributed by atoms with Gasteiger partial charge in [-0.05, 0) is 44.9 Å². The molecule has 3 rings (SSSR count). The van der Waals surface area contributed by atoms with E-state index in [0.717, 1.165) is 6.07 Å². The largest absolute Gasteiger partial charge is 0.444 e. The van der Waals surface area contributed by atoms with Gasteiger partial charge in [-0.3, -0.25) is 0 Å². The van der Waals surface area contributed by atoms with Crippen LogP contribution in [0.4, 0.5) is 23.7 Å². The lowest BCUT2D eigenvalue weighted by molar-refractivity contribution is -0.137. The van der Waals surface area contributed by atoms with E-state index in [4.69, 9.17) is 4.74 Å². The molecule has 8 heteroatoms. The molecule has 0 N–H and O–H groups in total. The van der Waals surface area contributed by atoms with Crippen molar-refractivity contribution in [2.75, 3.05) is 25.0 Å². The summed E-state index contributed by atoms with van der Waals surface area (Å²) >= 11 is 3.20. The summed E-state index contributed by atoms with van der Waals surface area (Å²) in [5, 5.41) is 0. The van der Waals surface area contributed by atoms with Crippen LogP contribution in [0, 0.1) is 0 Å². The number of alkyl halides is 3. The van der Waals surface area contributed by atoms with Crippen LogP contribution in [0.1, 0.15) is 44.2 Å². The van der Waals surface area contributed by atoms with Crippen LogP contribution in [0.3, 0.4) is 0 Å². The van der Waals surface area contributed by atoms with Gasteiger partial charge in [-0.1, -0.05) is 15.9 Å². The van der Waals surface area contributed by atoms with Crippen molar-refractivity contribution in [3.63, 3.8) is 0 Å². The third-order valence-electron chi connectivity index (χ3n) is 4.89. The molecule has 0 spiro atoms. The fourth-order valence-corrected chi connectivity index (χ4v) is 4.36. The van der Waals surface area contributed by atoms with Gasteiger partial charge in [-0.15, -0.1) is 0 Å². The summed E-state index contributed by atoms with van der Waals surface area (Å²) in [6, 6.07) is 2.81. The van der Waals surface area contributed by atoms with Crippen molar-refractivity contribution in [2.45, 2.75) is 50.9 Å². The first-order valence-corrected chi connectivity index (χ1v) is 9.29. The minimum absolute atomic E-state index is 0.0564. The van der Waals surface area contributed by atoms with Crippen LogP contribution in [0.15, 0.2) is 16.6 Å². The molecule has 2 aliphatic rings. The van der Waals surface area contributed by atoms with Gasteiger partial charge in [0.15, 0.2) is 0 Å². The van der Waals surface area contributed by atoms with E-state index >= 15 is 0 Å². The SMILES string of the molecule is CN1c2c(cc(Br)cc2C(F)(F)F)C2CN(C(=O)OC(C)(C)C)CCC21. The summed E-state index contributed by atoms with van der Waals surface area (Å²) in [5.41, 5.74) is -0.387. The quantitative estimate of drug-likeness (QED) is 0.575. The average Bonchev–Trinajstić information content (AvgIpc) is 2.76. The molecule has 1 aromatic carbocycles. The minimum atomic E-state index is -4.43. The topological polar surface area (TPSA) is 32.8 Å². The number of ether oxygens (including phenoxy) is 1. The van der Waals surface area contributed by atoms with Crippen LogP contribution < -0.4 is 4.90 Å². The first-order valence-electron chi connectivity index (χ1n) is 8.50. The molecule has 1 fully saturated rings. The van der Waals surface area contributed by atoms with E-state index in [1.807, 2.05) is 0 Å². The van der Waals surface area contributed by atoms with Crippen molar-refractivity contribution in [2.24, 2.45) is 0 Å². The monoisotopic (exact) mass is 434 g/mol. The Morgan fingerprint density at radius 3 is 2.50 bits per heavy atom. The highest BCUT2D eigenvalue weighted by Crippen LogP contribution is 2.50. The Labute approximate surface area is 159 Å². The van der Waals surface area contributed by atoms with Gasteiger partial charge in [0.05, 0.1) is 11.3 Å². The number of amides is 1. The maximum atomic E-state index is 13.5. The van der Waals surface area contributed by atoms with Gasteiger partial charge in [0.1, 0.15) is 5.60 Å². The maximum Gasteiger partial charge on any atom is 0.418 e. The van der Waals surface area contributed by atoms with Gasteiger partial charge >= 0.3 is 12.3 Å². The van der Waals surface area contributed by atoms with Crippen molar-refractivity contribution in [3.05, 3.63) is 27.7 Å². The van der Waals surface area contributed by atoms with E-state index in [-0.39, 0.29) is 17.6 Å². The predicted molar refractivity (Wildman–Crippen MR) is 96.5 cm³/mol. The highest BCUT2D eigenvalue weighted by molar-refractivity contribution is 9.10. The van der Waals surface area contributed by atoms with Gasteiger partial charge in [-0.25, -0.2) is 4.79 Å². The summed E-state index contributed by atoms with van der Waals surface area (Å²) in [4.78, 5) is 15.7. The maximum absolute atomic E-state index is 13.5. The number of fused-ring (bicyclic) bond motifs is 3. The normalized spacial score (nSPS) is 22.9. The number of halogens is 4. The summed E-state index contributed by atoms with van der Waals surface area (Å²) < 4.78 is 46.4. The second-order valence-electron chi connectivity index (χ2n) is 7.89. The zero-order valence-corrected chi connectivity index (χ0v) is 16.7. The van der Waals surface area contributed by atoms with Gasteiger partial charge in [0, 0.05) is 36.6 Å². The van der Waals surface area contributed by atoms with Gasteiger partial charge in [0.25, 0.3) is 0 Å². The molecule has 0 radical (unpaired) electrons. The molecular weight excluding hydrogens is 413 g/mol. The van der Waals surface area contributed by atoms with Gasteiger partial charge in [0.2, 0.25) is 0 Å². The van der Waals surface area contributed by atoms with E-state index in [1.54, 1.807) is 43.7 Å². The predicted octanol–water partition coefficient (Wildman–Crippen LogP) is 5.01. The lowest BCUT2D eigenvalue weighted by Crippen LogP contribution is -2.48. The standard InChI is InChI=1S/C18H22BrF3N2O2/c1-17(2,3)26-16(25)24-6-5-14-12(9-24)11-7-10(19)8-13(18(20,21)22)15(11)23(14)4/h7-8,12,14H,5-6,9H2,1-4H3. The van der Waals surface area contributed by atoms with Gasteiger partial charge < -0.3 is 14.5 Å². The molecule has 4 nitrogen and oxygen atoms in total. The molecule has 2 aliphatic heterocycles. The zero-order chi connectivity index (χ0) is 19.4. The third kappa shape index (κ3) is 3.52. The molecule has 1 amide bonds. The van der Waals surface area contributed by atoms with E-state index in [9.17, 15) is 18.0 Å². The summed E-state index contributed by atoms with van der Waals surface area (Å²) in [6.45, 7) is 6.21. The van der Waals surface area contributed by atoms with Crippen molar-refractivity contribution in [3.8, 4) is 0 Å². The van der Waals surface area contributed by atoms with Crippen molar-refractivity contribution in [1.82, 2.24) is 4.90 Å². The third-order valence-corrected chi connectivity index (χ3v) is 5.35. The molecule has 1 aromatic rings. The molecule has 0 aromatic heterocycles. The lowest BCUT2D eigenvalue weighted by Gasteiger charge is -2.38. The Morgan fingerprint density at radius 2 is 1.92 bits per heavy atom. The molecular formula is C18H22BrF3N2O2. The summed E-state index contributed by atoms with van der Waals surface area (Å²) in [7, 11) is 1.70. The highest BCUT2D eigenvalue weighted by Gasteiger charge is 2.47. The smallest absolute Gasteiger partial charge is 0.418 e. The molecule has 2 heterocycles. The highest BCUT2D eigenvalue weighted by atomic mass is 79.9. The van der Waals surface area contributed by atoms with Crippen LogP contribution >= 0.6 is 15.9 Å². The van der Waals surface area contributed by atoms with E-state index in [1.165, 1.54) is 0 Å². The molecule has 2 unspecified atom stereocenters. The average molecular weight is 435 g/mol. The zero-order valence-electron chi connectivity index (χ0n) is 15.2. The number of nitrogens with zero attached hydrogens (tertiary/aromatic N) is 2. The Balaban J connectivity index is 1.94. The van der Waals surface area contributed by atoms with Crippen LogP contribution in [0.25, 0.3) is 0 Å². The lowest BCUT2D eigenvalue weighted by atomic mass is 9.89. The van der Waals surface area contributed by atoms with E-state index in [2.05, 4.69) is 15.9 Å². The number of rotatable bonds is 0. The Kier molecular flexibility index (Phi) is 4.70. The Hall–Kier alpha value is -1.44. The number of hydrogen-bond acceptors (Lipinski definition) is 3. The molecule has 1 saturated heterocycles.